The van der Waals surface area contributed by atoms with Crippen molar-refractivity contribution in [2.45, 2.75) is 12.5 Å². The number of aliphatic hydroxyl groups excluding tert-OH is 1. The van der Waals surface area contributed by atoms with Crippen molar-refractivity contribution in [3.63, 3.8) is 0 Å². The Kier molecular flexibility index (Phi) is 4.53. The van der Waals surface area contributed by atoms with Crippen LogP contribution < -0.4 is 4.90 Å². The highest BCUT2D eigenvalue weighted by Crippen LogP contribution is 2.24. The number of benzene rings is 1. The summed E-state index contributed by atoms with van der Waals surface area (Å²) in [5.74, 6) is 0.233. The molecule has 1 unspecified atom stereocenters. The van der Waals surface area contributed by atoms with Gasteiger partial charge in [0.15, 0.2) is 0 Å². The molecule has 5 heteroatoms. The van der Waals surface area contributed by atoms with E-state index in [4.69, 9.17) is 5.11 Å². The quantitative estimate of drug-likeness (QED) is 0.872. The zero-order valence-electron chi connectivity index (χ0n) is 12.3. The Hall–Kier alpha value is -1.43. The molecule has 1 aromatic rings. The van der Waals surface area contributed by atoms with Gasteiger partial charge in [-0.2, -0.15) is 0 Å². The van der Waals surface area contributed by atoms with Gasteiger partial charge in [0.25, 0.3) is 0 Å². The average Bonchev–Trinajstić information content (AvgIpc) is 2.91. The largest absolute Gasteiger partial charge is 0.395 e. The van der Waals surface area contributed by atoms with E-state index in [9.17, 15) is 4.79 Å². The molecule has 2 heterocycles. The van der Waals surface area contributed by atoms with Gasteiger partial charge in [0, 0.05) is 45.0 Å². The van der Waals surface area contributed by atoms with Crippen LogP contribution in [-0.4, -0.2) is 72.7 Å². The fourth-order valence-corrected chi connectivity index (χ4v) is 3.31. The maximum absolute atomic E-state index is 12.6. The van der Waals surface area contributed by atoms with Crippen LogP contribution in [0, 0.1) is 0 Å². The molecule has 1 aromatic carbocycles. The Morgan fingerprint density at radius 1 is 1.05 bits per heavy atom. The van der Waals surface area contributed by atoms with Crippen LogP contribution in [0.5, 0.6) is 0 Å². The van der Waals surface area contributed by atoms with Gasteiger partial charge in [-0.3, -0.25) is 14.6 Å². The van der Waals surface area contributed by atoms with Gasteiger partial charge < -0.3 is 10.0 Å². The highest BCUT2D eigenvalue weighted by molar-refractivity contribution is 5.99. The second-order valence-corrected chi connectivity index (χ2v) is 5.73. The van der Waals surface area contributed by atoms with Crippen LogP contribution in [0.25, 0.3) is 0 Å². The lowest BCUT2D eigenvalue weighted by Crippen LogP contribution is -2.52. The number of hydrogen-bond acceptors (Lipinski definition) is 4. The number of amides is 1. The molecule has 0 spiro atoms. The fourth-order valence-electron chi connectivity index (χ4n) is 3.31. The van der Waals surface area contributed by atoms with Gasteiger partial charge in [0.05, 0.1) is 12.6 Å². The number of piperazine rings is 1. The summed E-state index contributed by atoms with van der Waals surface area (Å²) in [7, 11) is 0. The lowest BCUT2D eigenvalue weighted by atomic mass is 10.2. The van der Waals surface area contributed by atoms with Gasteiger partial charge in [0.2, 0.25) is 5.91 Å². The molecule has 1 atom stereocenters. The van der Waals surface area contributed by atoms with Crippen LogP contribution in [0.3, 0.4) is 0 Å². The summed E-state index contributed by atoms with van der Waals surface area (Å²) in [6.07, 6.45) is 0.910. The molecule has 2 fully saturated rings. The van der Waals surface area contributed by atoms with E-state index in [1.807, 2.05) is 35.2 Å². The SMILES string of the molecule is O=C1C(N2CCN(CCO)CC2)CCN1c1ccccc1. The number of nitrogens with zero attached hydrogens (tertiary/aromatic N) is 3. The Labute approximate surface area is 125 Å². The Bertz CT molecular complexity index is 472. The van der Waals surface area contributed by atoms with Crippen LogP contribution in [0.15, 0.2) is 30.3 Å². The Balaban J connectivity index is 1.60. The normalized spacial score (nSPS) is 24.7. The van der Waals surface area contributed by atoms with Gasteiger partial charge in [-0.15, -0.1) is 0 Å². The Morgan fingerprint density at radius 3 is 2.43 bits per heavy atom. The maximum atomic E-state index is 12.6. The first-order valence-electron chi connectivity index (χ1n) is 7.73. The number of aliphatic hydroxyl groups is 1. The fraction of sp³-hybridized carbons (Fsp3) is 0.562. The van der Waals surface area contributed by atoms with Crippen molar-refractivity contribution in [3.05, 3.63) is 30.3 Å². The van der Waals surface area contributed by atoms with E-state index in [-0.39, 0.29) is 18.6 Å². The summed E-state index contributed by atoms with van der Waals surface area (Å²) in [6, 6.07) is 9.95. The number of anilines is 1. The van der Waals surface area contributed by atoms with E-state index in [0.29, 0.717) is 0 Å². The molecule has 2 aliphatic heterocycles. The molecule has 1 amide bonds. The standard InChI is InChI=1S/C16H23N3O2/c20-13-12-17-8-10-18(11-9-17)15-6-7-19(16(15)21)14-4-2-1-3-5-14/h1-5,15,20H,6-13H2. The number of para-hydroxylation sites is 1. The van der Waals surface area contributed by atoms with Crippen LogP contribution in [0.2, 0.25) is 0 Å². The molecule has 0 bridgehead atoms. The molecule has 21 heavy (non-hydrogen) atoms. The van der Waals surface area contributed by atoms with Gasteiger partial charge >= 0.3 is 0 Å². The third-order valence-corrected chi connectivity index (χ3v) is 4.51. The van der Waals surface area contributed by atoms with Crippen LogP contribution in [0.4, 0.5) is 5.69 Å². The molecule has 2 saturated heterocycles. The number of rotatable bonds is 4. The molecule has 3 rings (SSSR count). The maximum Gasteiger partial charge on any atom is 0.244 e. The molecule has 114 valence electrons. The number of hydrogen-bond donors (Lipinski definition) is 1. The van der Waals surface area contributed by atoms with Crippen molar-refractivity contribution in [1.82, 2.24) is 9.80 Å². The Morgan fingerprint density at radius 2 is 1.76 bits per heavy atom. The number of β-amino-alcohol motifs (C(OH)–C–C–N with tert-alkyl or cyclic N) is 1. The highest BCUT2D eigenvalue weighted by atomic mass is 16.3. The first kappa shape index (κ1) is 14.5. The van der Waals surface area contributed by atoms with Crippen LogP contribution in [0.1, 0.15) is 6.42 Å². The second kappa shape index (κ2) is 6.56. The van der Waals surface area contributed by atoms with Crippen molar-refractivity contribution in [3.8, 4) is 0 Å². The zero-order valence-corrected chi connectivity index (χ0v) is 12.3. The first-order chi connectivity index (χ1) is 10.3. The summed E-state index contributed by atoms with van der Waals surface area (Å²) in [5, 5.41) is 8.98. The van der Waals surface area contributed by atoms with Crippen molar-refractivity contribution < 1.29 is 9.90 Å². The van der Waals surface area contributed by atoms with E-state index in [2.05, 4.69) is 9.80 Å². The first-order valence-corrected chi connectivity index (χ1v) is 7.73. The topological polar surface area (TPSA) is 47.0 Å². The average molecular weight is 289 g/mol. The number of carbonyl (C=O) groups excluding carboxylic acids is 1. The predicted octanol–water partition coefficient (Wildman–Crippen LogP) is 0.402. The van der Waals surface area contributed by atoms with E-state index < -0.39 is 0 Å². The molecule has 5 nitrogen and oxygen atoms in total. The van der Waals surface area contributed by atoms with Crippen molar-refractivity contribution in [2.24, 2.45) is 0 Å². The number of carbonyl (C=O) groups is 1. The monoisotopic (exact) mass is 289 g/mol. The van der Waals surface area contributed by atoms with E-state index >= 15 is 0 Å². The van der Waals surface area contributed by atoms with Gasteiger partial charge in [-0.1, -0.05) is 18.2 Å². The van der Waals surface area contributed by atoms with Crippen molar-refractivity contribution in [1.29, 1.82) is 0 Å². The zero-order chi connectivity index (χ0) is 14.7. The van der Waals surface area contributed by atoms with Gasteiger partial charge in [-0.25, -0.2) is 0 Å². The molecule has 0 aliphatic carbocycles. The highest BCUT2D eigenvalue weighted by Gasteiger charge is 2.37. The summed E-state index contributed by atoms with van der Waals surface area (Å²) >= 11 is 0. The van der Waals surface area contributed by atoms with Crippen LogP contribution >= 0.6 is 0 Å². The van der Waals surface area contributed by atoms with Gasteiger partial charge in [0.1, 0.15) is 0 Å². The van der Waals surface area contributed by atoms with Crippen molar-refractivity contribution >= 4 is 11.6 Å². The summed E-state index contributed by atoms with van der Waals surface area (Å²) in [5.41, 5.74) is 1.00. The summed E-state index contributed by atoms with van der Waals surface area (Å²) in [6.45, 7) is 5.47. The molecular weight excluding hydrogens is 266 g/mol. The lowest BCUT2D eigenvalue weighted by molar-refractivity contribution is -0.122. The van der Waals surface area contributed by atoms with E-state index in [0.717, 1.165) is 51.4 Å². The minimum Gasteiger partial charge on any atom is -0.395 e. The second-order valence-electron chi connectivity index (χ2n) is 5.73. The minimum absolute atomic E-state index is 0.0292. The molecule has 1 N–H and O–H groups in total. The van der Waals surface area contributed by atoms with Gasteiger partial charge in [-0.05, 0) is 18.6 Å². The summed E-state index contributed by atoms with van der Waals surface area (Å²) in [4.78, 5) is 19.1. The molecule has 0 aromatic heterocycles. The third-order valence-electron chi connectivity index (χ3n) is 4.51. The summed E-state index contributed by atoms with van der Waals surface area (Å²) < 4.78 is 0. The van der Waals surface area contributed by atoms with E-state index in [1.54, 1.807) is 0 Å². The van der Waals surface area contributed by atoms with Crippen molar-refractivity contribution in [2.75, 3.05) is 50.8 Å². The predicted molar refractivity (Wildman–Crippen MR) is 82.3 cm³/mol. The molecule has 2 aliphatic rings. The van der Waals surface area contributed by atoms with Crippen LogP contribution in [-0.2, 0) is 4.79 Å². The third kappa shape index (κ3) is 3.10. The van der Waals surface area contributed by atoms with E-state index in [1.165, 1.54) is 0 Å². The molecular formula is C16H23N3O2. The smallest absolute Gasteiger partial charge is 0.244 e. The minimum atomic E-state index is 0.0292. The molecule has 0 saturated carbocycles. The lowest BCUT2D eigenvalue weighted by Gasteiger charge is -2.37. The molecule has 0 radical (unpaired) electrons.